The first kappa shape index (κ1) is 25.6. The van der Waals surface area contributed by atoms with Crippen molar-refractivity contribution in [3.63, 3.8) is 0 Å². The first-order chi connectivity index (χ1) is 15.8. The highest BCUT2D eigenvalue weighted by Gasteiger charge is 2.36. The molecule has 0 atom stereocenters. The van der Waals surface area contributed by atoms with Crippen LogP contribution < -0.4 is 5.32 Å². The Balaban J connectivity index is 2.29. The van der Waals surface area contributed by atoms with Gasteiger partial charge in [0.05, 0.1) is 25.3 Å². The van der Waals surface area contributed by atoms with E-state index in [9.17, 15) is 9.59 Å². The van der Waals surface area contributed by atoms with E-state index in [0.717, 1.165) is 17.4 Å². The number of carbonyl (C=O) groups excluding carboxylic acids is 2. The molecule has 1 aromatic carbocycles. The minimum absolute atomic E-state index is 0.00797. The van der Waals surface area contributed by atoms with Gasteiger partial charge in [0, 0.05) is 10.9 Å². The van der Waals surface area contributed by atoms with E-state index >= 15 is 0 Å². The van der Waals surface area contributed by atoms with Crippen molar-refractivity contribution in [3.05, 3.63) is 46.1 Å². The van der Waals surface area contributed by atoms with Crippen LogP contribution in [0.25, 0.3) is 22.2 Å². The van der Waals surface area contributed by atoms with Gasteiger partial charge < -0.3 is 19.2 Å². The third kappa shape index (κ3) is 5.36. The first-order valence-electron chi connectivity index (χ1n) is 10.9. The summed E-state index contributed by atoms with van der Waals surface area (Å²) in [6.45, 7) is 12.3. The van der Waals surface area contributed by atoms with E-state index in [-0.39, 0.29) is 33.3 Å². The number of nitrogens with zero attached hydrogens (tertiary/aromatic N) is 1. The Kier molecular flexibility index (Phi) is 6.99. The van der Waals surface area contributed by atoms with Crippen LogP contribution in [0.2, 0.25) is 5.15 Å². The third-order valence-electron chi connectivity index (χ3n) is 5.28. The fourth-order valence-electron chi connectivity index (χ4n) is 4.41. The molecule has 182 valence electrons. The quantitative estimate of drug-likeness (QED) is 0.308. The number of aromatic nitrogens is 1. The van der Waals surface area contributed by atoms with Crippen LogP contribution in [0.1, 0.15) is 67.3 Å². The topological polar surface area (TPSA) is 90.7 Å². The van der Waals surface area contributed by atoms with Gasteiger partial charge in [-0.1, -0.05) is 44.0 Å². The summed E-state index contributed by atoms with van der Waals surface area (Å²) >= 11 is 6.53. The van der Waals surface area contributed by atoms with Crippen molar-refractivity contribution in [2.75, 3.05) is 19.5 Å². The number of methoxy groups -OCH3 is 2. The zero-order chi connectivity index (χ0) is 25.4. The van der Waals surface area contributed by atoms with Crippen molar-refractivity contribution in [1.29, 1.82) is 0 Å². The van der Waals surface area contributed by atoms with Gasteiger partial charge in [-0.2, -0.15) is 0 Å². The zero-order valence-corrected chi connectivity index (χ0v) is 21.6. The molecule has 2 aromatic heterocycles. The largest absolute Gasteiger partial charge is 0.465 e. The molecule has 0 fully saturated rings. The Bertz CT molecular complexity index is 1250. The molecule has 0 saturated heterocycles. The molecule has 34 heavy (non-hydrogen) atoms. The van der Waals surface area contributed by atoms with Gasteiger partial charge in [0.1, 0.15) is 16.3 Å². The maximum Gasteiger partial charge on any atom is 0.344 e. The van der Waals surface area contributed by atoms with Gasteiger partial charge in [-0.05, 0) is 50.8 Å². The van der Waals surface area contributed by atoms with Crippen LogP contribution in [0.4, 0.5) is 5.88 Å². The van der Waals surface area contributed by atoms with Crippen molar-refractivity contribution in [2.45, 2.75) is 53.5 Å². The van der Waals surface area contributed by atoms with E-state index in [1.54, 1.807) is 6.07 Å². The van der Waals surface area contributed by atoms with Gasteiger partial charge in [-0.3, -0.25) is 0 Å². The van der Waals surface area contributed by atoms with Gasteiger partial charge in [0.25, 0.3) is 0 Å². The molecule has 3 rings (SSSR count). The maximum atomic E-state index is 12.9. The number of hydrogen-bond donors (Lipinski definition) is 1. The molecule has 3 aromatic rings. The number of esters is 2. The molecule has 1 N–H and O–H groups in total. The van der Waals surface area contributed by atoms with Crippen LogP contribution in [0.3, 0.4) is 0 Å². The molecule has 8 heteroatoms. The predicted molar refractivity (Wildman–Crippen MR) is 134 cm³/mol. The standard InChI is InChI=1S/C26H31ClN2O5/c1-14-9-10-17-15(11-14)12-16(21(27)28-17)20-18(23(30)32-7)19(24(31)33-8)22(34-20)29-26(5,6)13-25(2,3)4/h9-12,29H,13H2,1-8H3. The summed E-state index contributed by atoms with van der Waals surface area (Å²) in [7, 11) is 2.48. The summed E-state index contributed by atoms with van der Waals surface area (Å²) in [5.74, 6) is -1.29. The average Bonchev–Trinajstić information content (AvgIpc) is 3.08. The number of anilines is 1. The minimum Gasteiger partial charge on any atom is -0.465 e. The minimum atomic E-state index is -0.749. The number of benzene rings is 1. The van der Waals surface area contributed by atoms with Gasteiger partial charge >= 0.3 is 11.9 Å². The summed E-state index contributed by atoms with van der Waals surface area (Å²) in [4.78, 5) is 30.2. The Morgan fingerprint density at radius 2 is 1.65 bits per heavy atom. The Hall–Kier alpha value is -3.06. The van der Waals surface area contributed by atoms with Crippen LogP contribution in [-0.2, 0) is 9.47 Å². The zero-order valence-electron chi connectivity index (χ0n) is 20.9. The van der Waals surface area contributed by atoms with Crippen molar-refractivity contribution < 1.29 is 23.5 Å². The SMILES string of the molecule is COC(=O)c1c(NC(C)(C)CC(C)(C)C)oc(-c2cc3cc(C)ccc3nc2Cl)c1C(=O)OC. The van der Waals surface area contributed by atoms with Crippen LogP contribution in [-0.4, -0.2) is 36.7 Å². The van der Waals surface area contributed by atoms with Gasteiger partial charge in [0.2, 0.25) is 5.88 Å². The molecule has 0 radical (unpaired) electrons. The number of nitrogens with one attached hydrogen (secondary N) is 1. The van der Waals surface area contributed by atoms with Crippen molar-refractivity contribution in [2.24, 2.45) is 5.41 Å². The molecule has 0 aliphatic heterocycles. The number of fused-ring (bicyclic) bond motifs is 1. The molecule has 0 saturated carbocycles. The van der Waals surface area contributed by atoms with E-state index < -0.39 is 17.5 Å². The lowest BCUT2D eigenvalue weighted by Crippen LogP contribution is -2.35. The first-order valence-corrected chi connectivity index (χ1v) is 11.3. The summed E-state index contributed by atoms with van der Waals surface area (Å²) < 4.78 is 16.2. The molecule has 0 bridgehead atoms. The highest BCUT2D eigenvalue weighted by atomic mass is 35.5. The molecule has 0 aliphatic carbocycles. The molecule has 2 heterocycles. The smallest absolute Gasteiger partial charge is 0.344 e. The average molecular weight is 487 g/mol. The van der Waals surface area contributed by atoms with Crippen molar-refractivity contribution in [1.82, 2.24) is 4.98 Å². The molecule has 0 spiro atoms. The monoisotopic (exact) mass is 486 g/mol. The number of halogens is 1. The predicted octanol–water partition coefficient (Wildman–Crippen LogP) is 6.66. The molecular formula is C26H31ClN2O5. The van der Waals surface area contributed by atoms with E-state index in [2.05, 4.69) is 31.1 Å². The fourth-order valence-corrected chi connectivity index (χ4v) is 4.64. The Morgan fingerprint density at radius 3 is 2.24 bits per heavy atom. The Labute approximate surface area is 204 Å². The van der Waals surface area contributed by atoms with E-state index in [4.69, 9.17) is 25.5 Å². The lowest BCUT2D eigenvalue weighted by atomic mass is 9.82. The number of rotatable bonds is 6. The fraction of sp³-hybridized carbons (Fsp3) is 0.423. The van der Waals surface area contributed by atoms with E-state index in [1.165, 1.54) is 14.2 Å². The number of ether oxygens (including phenoxy) is 2. The van der Waals surface area contributed by atoms with Crippen LogP contribution in [0.5, 0.6) is 0 Å². The molecule has 0 aliphatic rings. The van der Waals surface area contributed by atoms with Crippen molar-refractivity contribution >= 4 is 40.3 Å². The van der Waals surface area contributed by atoms with E-state index in [0.29, 0.717) is 11.1 Å². The summed E-state index contributed by atoms with van der Waals surface area (Å²) in [6.07, 6.45) is 0.752. The number of aryl methyl sites for hydroxylation is 1. The van der Waals surface area contributed by atoms with E-state index in [1.807, 2.05) is 39.0 Å². The van der Waals surface area contributed by atoms with Crippen LogP contribution in [0.15, 0.2) is 28.7 Å². The molecule has 0 amide bonds. The summed E-state index contributed by atoms with van der Waals surface area (Å²) in [6, 6.07) is 7.54. The maximum absolute atomic E-state index is 12.9. The third-order valence-corrected chi connectivity index (χ3v) is 5.57. The highest BCUT2D eigenvalue weighted by Crippen LogP contribution is 2.41. The molecule has 7 nitrogen and oxygen atoms in total. The summed E-state index contributed by atoms with van der Waals surface area (Å²) in [5.41, 5.74) is 1.50. The second-order valence-corrected chi connectivity index (χ2v) is 10.6. The van der Waals surface area contributed by atoms with Crippen LogP contribution in [0, 0.1) is 12.3 Å². The lowest BCUT2D eigenvalue weighted by molar-refractivity contribution is 0.0557. The van der Waals surface area contributed by atoms with Gasteiger partial charge in [0.15, 0.2) is 5.76 Å². The molecule has 0 unspecified atom stereocenters. The summed E-state index contributed by atoms with van der Waals surface area (Å²) in [5, 5.41) is 4.24. The Morgan fingerprint density at radius 1 is 1.03 bits per heavy atom. The normalized spacial score (nSPS) is 12.0. The lowest BCUT2D eigenvalue weighted by Gasteiger charge is -2.33. The number of pyridine rings is 1. The second-order valence-electron chi connectivity index (χ2n) is 10.3. The number of carbonyl (C=O) groups is 2. The van der Waals surface area contributed by atoms with Crippen molar-refractivity contribution in [3.8, 4) is 11.3 Å². The van der Waals surface area contributed by atoms with Crippen LogP contribution >= 0.6 is 11.6 Å². The second kappa shape index (κ2) is 9.29. The molecular weight excluding hydrogens is 456 g/mol. The number of hydrogen-bond acceptors (Lipinski definition) is 7. The highest BCUT2D eigenvalue weighted by molar-refractivity contribution is 6.33. The van der Waals surface area contributed by atoms with Gasteiger partial charge in [-0.15, -0.1) is 0 Å². The number of furan rings is 1. The van der Waals surface area contributed by atoms with Gasteiger partial charge in [-0.25, -0.2) is 14.6 Å².